The molecule has 3 heterocycles. The summed E-state index contributed by atoms with van der Waals surface area (Å²) in [6, 6.07) is 0. The smallest absolute Gasteiger partial charge is 0.410 e. The van der Waals surface area contributed by atoms with E-state index in [1.54, 1.807) is 20.8 Å². The molecule has 24 heavy (non-hydrogen) atoms. The number of hydrogen-bond acceptors (Lipinski definition) is 3. The molecule has 0 saturated carbocycles. The second kappa shape index (κ2) is 5.67. The van der Waals surface area contributed by atoms with E-state index in [0.29, 0.717) is 24.2 Å². The lowest BCUT2D eigenvalue weighted by molar-refractivity contribution is -0.0231. The Bertz CT molecular complexity index is 652. The van der Waals surface area contributed by atoms with Crippen LogP contribution >= 0.6 is 0 Å². The zero-order valence-electron chi connectivity index (χ0n) is 14.1. The number of nitrogens with zero attached hydrogens (tertiary/aromatic N) is 3. The van der Waals surface area contributed by atoms with Crippen molar-refractivity contribution >= 4 is 6.09 Å². The van der Waals surface area contributed by atoms with Gasteiger partial charge in [-0.1, -0.05) is 0 Å². The quantitative estimate of drug-likeness (QED) is 0.724. The standard InChI is InChI=1S/C16H22F3N3O2/c1-15(2,3)24-14(23)21-7-5-12-11(9-21)13-16(18,19)6-4-10(17)8-22(13)20-12/h10H,4-9H2,1-3H3/t10-/m1/s1. The third-order valence-corrected chi connectivity index (χ3v) is 4.24. The fourth-order valence-corrected chi connectivity index (χ4v) is 3.19. The van der Waals surface area contributed by atoms with Gasteiger partial charge in [0, 0.05) is 24.9 Å². The van der Waals surface area contributed by atoms with E-state index in [2.05, 4.69) is 5.10 Å². The maximum absolute atomic E-state index is 14.5. The number of alkyl halides is 3. The van der Waals surface area contributed by atoms with E-state index in [1.807, 2.05) is 0 Å². The minimum Gasteiger partial charge on any atom is -0.444 e. The number of aromatic nitrogens is 2. The normalized spacial score (nSPS) is 23.2. The van der Waals surface area contributed by atoms with Crippen molar-refractivity contribution in [2.75, 3.05) is 6.54 Å². The zero-order valence-corrected chi connectivity index (χ0v) is 14.1. The lowest BCUT2D eigenvalue weighted by Gasteiger charge is -2.30. The van der Waals surface area contributed by atoms with Crippen LogP contribution in [0.1, 0.15) is 50.6 Å². The molecule has 1 atom stereocenters. The van der Waals surface area contributed by atoms with Gasteiger partial charge in [-0.2, -0.15) is 13.9 Å². The SMILES string of the molecule is CC(C)(C)OC(=O)N1CCc2nn3c(c2C1)C(F)(F)CC[C@@H](F)C3. The number of hydrogen-bond donors (Lipinski definition) is 0. The van der Waals surface area contributed by atoms with Gasteiger partial charge >= 0.3 is 6.09 Å². The average Bonchev–Trinajstić information content (AvgIpc) is 2.75. The molecule has 0 aliphatic carbocycles. The number of ether oxygens (including phenoxy) is 1. The molecule has 1 amide bonds. The molecule has 1 aromatic heterocycles. The van der Waals surface area contributed by atoms with Crippen molar-refractivity contribution in [1.82, 2.24) is 14.7 Å². The Morgan fingerprint density at radius 1 is 1.38 bits per heavy atom. The summed E-state index contributed by atoms with van der Waals surface area (Å²) in [5.41, 5.74) is -0.0331. The monoisotopic (exact) mass is 345 g/mol. The van der Waals surface area contributed by atoms with Gasteiger partial charge in [-0.25, -0.2) is 9.18 Å². The van der Waals surface area contributed by atoms with Gasteiger partial charge in [0.1, 0.15) is 17.5 Å². The first-order valence-corrected chi connectivity index (χ1v) is 8.16. The molecule has 8 heteroatoms. The van der Waals surface area contributed by atoms with E-state index in [1.165, 1.54) is 4.90 Å². The number of rotatable bonds is 0. The summed E-state index contributed by atoms with van der Waals surface area (Å²) < 4.78 is 49.1. The summed E-state index contributed by atoms with van der Waals surface area (Å²) in [4.78, 5) is 13.6. The molecular formula is C16H22F3N3O2. The van der Waals surface area contributed by atoms with Gasteiger partial charge in [0.05, 0.1) is 18.8 Å². The van der Waals surface area contributed by atoms with E-state index in [4.69, 9.17) is 4.74 Å². The van der Waals surface area contributed by atoms with Crippen LogP contribution in [0.25, 0.3) is 0 Å². The van der Waals surface area contributed by atoms with Crippen LogP contribution in [-0.2, 0) is 30.2 Å². The number of fused-ring (bicyclic) bond motifs is 3. The molecule has 0 saturated heterocycles. The summed E-state index contributed by atoms with van der Waals surface area (Å²) in [5, 5.41) is 4.18. The van der Waals surface area contributed by atoms with E-state index in [-0.39, 0.29) is 25.2 Å². The van der Waals surface area contributed by atoms with Crippen molar-refractivity contribution in [2.45, 2.75) is 70.8 Å². The van der Waals surface area contributed by atoms with Crippen molar-refractivity contribution in [2.24, 2.45) is 0 Å². The van der Waals surface area contributed by atoms with Crippen molar-refractivity contribution < 1.29 is 22.7 Å². The second-order valence-electron chi connectivity index (χ2n) is 7.45. The first-order valence-electron chi connectivity index (χ1n) is 8.16. The molecule has 0 fully saturated rings. The molecule has 3 rings (SSSR count). The van der Waals surface area contributed by atoms with Crippen molar-refractivity contribution in [3.05, 3.63) is 17.0 Å². The minimum atomic E-state index is -3.14. The highest BCUT2D eigenvalue weighted by Crippen LogP contribution is 2.41. The molecule has 0 spiro atoms. The summed E-state index contributed by atoms with van der Waals surface area (Å²) in [6.45, 7) is 5.46. The largest absolute Gasteiger partial charge is 0.444 e. The fraction of sp³-hybridized carbons (Fsp3) is 0.750. The third-order valence-electron chi connectivity index (χ3n) is 4.24. The minimum absolute atomic E-state index is 0.0200. The van der Waals surface area contributed by atoms with E-state index < -0.39 is 30.2 Å². The van der Waals surface area contributed by atoms with E-state index in [0.717, 1.165) is 4.68 Å². The van der Waals surface area contributed by atoms with Crippen LogP contribution in [0.15, 0.2) is 0 Å². The van der Waals surface area contributed by atoms with E-state index in [9.17, 15) is 18.0 Å². The van der Waals surface area contributed by atoms with Gasteiger partial charge < -0.3 is 9.64 Å². The summed E-state index contributed by atoms with van der Waals surface area (Å²) in [7, 11) is 0. The number of carbonyl (C=O) groups is 1. The predicted molar refractivity (Wildman–Crippen MR) is 80.6 cm³/mol. The fourth-order valence-electron chi connectivity index (χ4n) is 3.19. The van der Waals surface area contributed by atoms with Crippen molar-refractivity contribution in [1.29, 1.82) is 0 Å². The van der Waals surface area contributed by atoms with Crippen LogP contribution in [-0.4, -0.2) is 39.1 Å². The Kier molecular flexibility index (Phi) is 4.04. The highest BCUT2D eigenvalue weighted by atomic mass is 19.3. The molecule has 0 radical (unpaired) electrons. The predicted octanol–water partition coefficient (Wildman–Crippen LogP) is 3.40. The topological polar surface area (TPSA) is 47.4 Å². The number of halogens is 3. The van der Waals surface area contributed by atoms with Gasteiger partial charge in [-0.15, -0.1) is 0 Å². The van der Waals surface area contributed by atoms with Gasteiger partial charge in [-0.05, 0) is 27.2 Å². The molecule has 0 aromatic carbocycles. The average molecular weight is 345 g/mol. The molecule has 134 valence electrons. The summed E-state index contributed by atoms with van der Waals surface area (Å²) >= 11 is 0. The van der Waals surface area contributed by atoms with Gasteiger partial charge in [-0.3, -0.25) is 4.68 Å². The van der Waals surface area contributed by atoms with Crippen molar-refractivity contribution in [3.8, 4) is 0 Å². The van der Waals surface area contributed by atoms with Gasteiger partial charge in [0.2, 0.25) is 0 Å². The molecule has 0 bridgehead atoms. The van der Waals surface area contributed by atoms with Crippen LogP contribution in [0.3, 0.4) is 0 Å². The van der Waals surface area contributed by atoms with Crippen LogP contribution in [0.5, 0.6) is 0 Å². The Balaban J connectivity index is 1.90. The Morgan fingerprint density at radius 2 is 2.08 bits per heavy atom. The molecule has 0 N–H and O–H groups in total. The maximum atomic E-state index is 14.5. The lowest BCUT2D eigenvalue weighted by Crippen LogP contribution is -2.40. The molecule has 2 aliphatic heterocycles. The van der Waals surface area contributed by atoms with Crippen LogP contribution in [0, 0.1) is 0 Å². The molecule has 0 unspecified atom stereocenters. The van der Waals surface area contributed by atoms with Gasteiger partial charge in [0.25, 0.3) is 5.92 Å². The Hall–Kier alpha value is -1.73. The molecule has 1 aromatic rings. The summed E-state index contributed by atoms with van der Waals surface area (Å²) in [5.74, 6) is -3.14. The van der Waals surface area contributed by atoms with E-state index >= 15 is 0 Å². The lowest BCUT2D eigenvalue weighted by atomic mass is 10.00. The molecular weight excluding hydrogens is 323 g/mol. The Labute approximate surface area is 138 Å². The summed E-state index contributed by atoms with van der Waals surface area (Å²) in [6.07, 6.45) is -2.24. The van der Waals surface area contributed by atoms with Gasteiger partial charge in [0.15, 0.2) is 0 Å². The first kappa shape index (κ1) is 17.1. The van der Waals surface area contributed by atoms with Crippen LogP contribution in [0.2, 0.25) is 0 Å². The zero-order chi connectivity index (χ0) is 17.7. The molecule has 2 aliphatic rings. The highest BCUT2D eigenvalue weighted by Gasteiger charge is 2.44. The number of amides is 1. The molecule has 5 nitrogen and oxygen atoms in total. The number of carbonyl (C=O) groups excluding carboxylic acids is 1. The third kappa shape index (κ3) is 3.23. The second-order valence-corrected chi connectivity index (χ2v) is 7.45. The van der Waals surface area contributed by atoms with Crippen molar-refractivity contribution in [3.63, 3.8) is 0 Å². The van der Waals surface area contributed by atoms with Crippen LogP contribution < -0.4 is 0 Å². The maximum Gasteiger partial charge on any atom is 0.410 e. The van der Waals surface area contributed by atoms with Crippen LogP contribution in [0.4, 0.5) is 18.0 Å². The first-order chi connectivity index (χ1) is 11.1. The highest BCUT2D eigenvalue weighted by molar-refractivity contribution is 5.68. The Morgan fingerprint density at radius 3 is 2.75 bits per heavy atom.